The molecule has 1 aromatic rings. The van der Waals surface area contributed by atoms with Crippen LogP contribution in [0.4, 0.5) is 5.69 Å². The van der Waals surface area contributed by atoms with Crippen LogP contribution in [0, 0.1) is 0 Å². The molecule has 2 fully saturated rings. The summed E-state index contributed by atoms with van der Waals surface area (Å²) in [7, 11) is -0.349. The second kappa shape index (κ2) is 5.74. The fourth-order valence-electron chi connectivity index (χ4n) is 3.04. The quantitative estimate of drug-likeness (QED) is 0.776. The predicted octanol–water partition coefficient (Wildman–Crippen LogP) is 3.63. The maximum absolute atomic E-state index is 6.53. The monoisotopic (exact) mass is 321 g/mol. The van der Waals surface area contributed by atoms with Crippen molar-refractivity contribution in [2.24, 2.45) is 0 Å². The number of benzene rings is 1. The molecule has 3 nitrogen and oxygen atoms in total. The van der Waals surface area contributed by atoms with E-state index in [1.54, 1.807) is 0 Å². The molecule has 0 radical (unpaired) electrons. The van der Waals surface area contributed by atoms with E-state index in [-0.39, 0.29) is 18.3 Å². The van der Waals surface area contributed by atoms with Crippen LogP contribution in [0.2, 0.25) is 5.02 Å². The van der Waals surface area contributed by atoms with E-state index in [1.807, 2.05) is 6.07 Å². The first-order valence-corrected chi connectivity index (χ1v) is 8.58. The molecule has 5 heteroatoms. The molecule has 1 aromatic carbocycles. The third kappa shape index (κ3) is 2.89. The summed E-state index contributed by atoms with van der Waals surface area (Å²) in [4.78, 5) is 2.37. The summed E-state index contributed by atoms with van der Waals surface area (Å²) in [6.07, 6.45) is 3.81. The second-order valence-electron chi connectivity index (χ2n) is 7.35. The number of nitrogens with zero attached hydrogens (tertiary/aromatic N) is 1. The summed E-state index contributed by atoms with van der Waals surface area (Å²) in [6.45, 7) is 10.5. The largest absolute Gasteiger partial charge is 0.494 e. The molecule has 0 amide bonds. The smallest absolute Gasteiger partial charge is 0.399 e. The zero-order valence-corrected chi connectivity index (χ0v) is 14.7. The normalized spacial score (nSPS) is 23.9. The number of anilines is 1. The summed E-state index contributed by atoms with van der Waals surface area (Å²) in [5, 5.41) is 0.786. The molecule has 0 N–H and O–H groups in total. The SMILES string of the molecule is CC1(C)OB(c2ccc(N3CCCCC3)c(Cl)c2)OC1(C)C. The number of hydrogen-bond acceptors (Lipinski definition) is 3. The summed E-state index contributed by atoms with van der Waals surface area (Å²) < 4.78 is 12.2. The summed E-state index contributed by atoms with van der Waals surface area (Å²) in [5.74, 6) is 0. The first-order valence-electron chi connectivity index (χ1n) is 8.20. The van der Waals surface area contributed by atoms with Gasteiger partial charge < -0.3 is 14.2 Å². The van der Waals surface area contributed by atoms with Crippen molar-refractivity contribution in [2.75, 3.05) is 18.0 Å². The van der Waals surface area contributed by atoms with Crippen LogP contribution in [0.25, 0.3) is 0 Å². The van der Waals surface area contributed by atoms with Gasteiger partial charge in [-0.1, -0.05) is 17.7 Å². The topological polar surface area (TPSA) is 21.7 Å². The minimum Gasteiger partial charge on any atom is -0.399 e. The number of piperidine rings is 1. The third-order valence-corrected chi connectivity index (χ3v) is 5.50. The lowest BCUT2D eigenvalue weighted by molar-refractivity contribution is 0.00578. The average molecular weight is 322 g/mol. The van der Waals surface area contributed by atoms with Crippen LogP contribution in [0.1, 0.15) is 47.0 Å². The average Bonchev–Trinajstić information content (AvgIpc) is 2.68. The number of hydrogen-bond donors (Lipinski definition) is 0. The van der Waals surface area contributed by atoms with Gasteiger partial charge in [0.15, 0.2) is 0 Å². The van der Waals surface area contributed by atoms with Crippen molar-refractivity contribution in [3.63, 3.8) is 0 Å². The molecule has 0 spiro atoms. The van der Waals surface area contributed by atoms with E-state index in [1.165, 1.54) is 19.3 Å². The molecule has 2 saturated heterocycles. The Morgan fingerprint density at radius 1 is 1.00 bits per heavy atom. The molecule has 0 unspecified atom stereocenters. The second-order valence-corrected chi connectivity index (χ2v) is 7.75. The van der Waals surface area contributed by atoms with Crippen LogP contribution in [0.5, 0.6) is 0 Å². The van der Waals surface area contributed by atoms with Gasteiger partial charge in [0.05, 0.1) is 21.9 Å². The predicted molar refractivity (Wildman–Crippen MR) is 93.2 cm³/mol. The van der Waals surface area contributed by atoms with E-state index in [4.69, 9.17) is 20.9 Å². The van der Waals surface area contributed by atoms with Gasteiger partial charge in [-0.15, -0.1) is 0 Å². The number of halogens is 1. The lowest BCUT2D eigenvalue weighted by atomic mass is 9.79. The maximum Gasteiger partial charge on any atom is 0.494 e. The minimum atomic E-state index is -0.349. The Hall–Kier alpha value is -0.705. The molecule has 0 aliphatic carbocycles. The Kier molecular flexibility index (Phi) is 4.21. The highest BCUT2D eigenvalue weighted by atomic mass is 35.5. The molecule has 2 aliphatic rings. The van der Waals surface area contributed by atoms with E-state index < -0.39 is 0 Å². The van der Waals surface area contributed by atoms with E-state index in [2.05, 4.69) is 44.7 Å². The van der Waals surface area contributed by atoms with Crippen molar-refractivity contribution < 1.29 is 9.31 Å². The Bertz CT molecular complexity index is 540. The van der Waals surface area contributed by atoms with Crippen molar-refractivity contribution in [1.82, 2.24) is 0 Å². The fraction of sp³-hybridized carbons (Fsp3) is 0.647. The molecule has 120 valence electrons. The molecule has 0 bridgehead atoms. The number of rotatable bonds is 2. The van der Waals surface area contributed by atoms with Crippen molar-refractivity contribution in [3.05, 3.63) is 23.2 Å². The molecule has 0 atom stereocenters. The van der Waals surface area contributed by atoms with Crippen molar-refractivity contribution in [2.45, 2.75) is 58.2 Å². The first-order chi connectivity index (χ1) is 10.3. The standard InChI is InChI=1S/C17H25BClNO2/c1-16(2)17(3,4)22-18(21-16)13-8-9-15(14(19)12-13)20-10-6-5-7-11-20/h8-9,12H,5-7,10-11H2,1-4H3. The van der Waals surface area contributed by atoms with Crippen molar-refractivity contribution in [1.29, 1.82) is 0 Å². The third-order valence-electron chi connectivity index (χ3n) is 5.19. The lowest BCUT2D eigenvalue weighted by Gasteiger charge is -2.32. The van der Waals surface area contributed by atoms with Gasteiger partial charge >= 0.3 is 7.12 Å². The van der Waals surface area contributed by atoms with Crippen LogP contribution in [0.3, 0.4) is 0 Å². The Labute approximate surface area is 139 Å². The van der Waals surface area contributed by atoms with Crippen LogP contribution < -0.4 is 10.4 Å². The Morgan fingerprint density at radius 3 is 2.14 bits per heavy atom. The molecule has 3 rings (SSSR count). The van der Waals surface area contributed by atoms with Gasteiger partial charge in [0, 0.05) is 13.1 Å². The summed E-state index contributed by atoms with van der Waals surface area (Å²) in [5.41, 5.74) is 1.47. The summed E-state index contributed by atoms with van der Waals surface area (Å²) in [6, 6.07) is 6.18. The highest BCUT2D eigenvalue weighted by Gasteiger charge is 2.51. The zero-order valence-electron chi connectivity index (χ0n) is 14.0. The highest BCUT2D eigenvalue weighted by Crippen LogP contribution is 2.37. The van der Waals surface area contributed by atoms with Crippen LogP contribution in [-0.2, 0) is 9.31 Å². The van der Waals surface area contributed by atoms with Gasteiger partial charge in [0.1, 0.15) is 0 Å². The lowest BCUT2D eigenvalue weighted by Crippen LogP contribution is -2.41. The summed E-state index contributed by atoms with van der Waals surface area (Å²) >= 11 is 6.53. The van der Waals surface area contributed by atoms with Gasteiger partial charge in [-0.05, 0) is 64.6 Å². The van der Waals surface area contributed by atoms with Gasteiger partial charge in [0.25, 0.3) is 0 Å². The Morgan fingerprint density at radius 2 is 1.59 bits per heavy atom. The first kappa shape index (κ1) is 16.2. The van der Waals surface area contributed by atoms with Gasteiger partial charge in [-0.25, -0.2) is 0 Å². The van der Waals surface area contributed by atoms with Crippen LogP contribution in [0.15, 0.2) is 18.2 Å². The van der Waals surface area contributed by atoms with Gasteiger partial charge in [-0.2, -0.15) is 0 Å². The zero-order chi connectivity index (χ0) is 16.0. The molecular weight excluding hydrogens is 296 g/mol. The minimum absolute atomic E-state index is 0.324. The fourth-order valence-corrected chi connectivity index (χ4v) is 3.35. The van der Waals surface area contributed by atoms with Crippen LogP contribution >= 0.6 is 11.6 Å². The van der Waals surface area contributed by atoms with Gasteiger partial charge in [0.2, 0.25) is 0 Å². The van der Waals surface area contributed by atoms with E-state index in [0.29, 0.717) is 0 Å². The molecule has 0 aromatic heterocycles. The molecule has 0 saturated carbocycles. The van der Waals surface area contributed by atoms with Crippen LogP contribution in [-0.4, -0.2) is 31.4 Å². The maximum atomic E-state index is 6.53. The highest BCUT2D eigenvalue weighted by molar-refractivity contribution is 6.62. The Balaban J connectivity index is 1.81. The van der Waals surface area contributed by atoms with Crippen molar-refractivity contribution in [3.8, 4) is 0 Å². The molecular formula is C17H25BClNO2. The van der Waals surface area contributed by atoms with E-state index in [9.17, 15) is 0 Å². The van der Waals surface area contributed by atoms with Crippen molar-refractivity contribution >= 4 is 29.9 Å². The van der Waals surface area contributed by atoms with E-state index >= 15 is 0 Å². The molecule has 2 heterocycles. The van der Waals surface area contributed by atoms with Gasteiger partial charge in [-0.3, -0.25) is 0 Å². The molecule has 2 aliphatic heterocycles. The van der Waals surface area contributed by atoms with E-state index in [0.717, 1.165) is 29.3 Å². The molecule has 22 heavy (non-hydrogen) atoms.